The summed E-state index contributed by atoms with van der Waals surface area (Å²) < 4.78 is 11.3. The molecule has 0 aliphatic carbocycles. The van der Waals surface area contributed by atoms with Gasteiger partial charge >= 0.3 is 0 Å². The van der Waals surface area contributed by atoms with Gasteiger partial charge in [0.2, 0.25) is 5.91 Å². The highest BCUT2D eigenvalue weighted by atomic mass is 32.1. The van der Waals surface area contributed by atoms with E-state index in [0.717, 1.165) is 28.1 Å². The molecule has 3 rings (SSSR count). The third-order valence-corrected chi connectivity index (χ3v) is 5.81. The van der Waals surface area contributed by atoms with Gasteiger partial charge in [-0.25, -0.2) is 4.98 Å². The number of hydrogen-bond donors (Lipinski definition) is 1. The van der Waals surface area contributed by atoms with Crippen molar-refractivity contribution in [3.8, 4) is 22.8 Å². The summed E-state index contributed by atoms with van der Waals surface area (Å²) in [5.74, 6) is 1.70. The number of nitrogens with zero attached hydrogens (tertiary/aromatic N) is 1. The summed E-state index contributed by atoms with van der Waals surface area (Å²) in [4.78, 5) is 18.1. The number of methoxy groups -OCH3 is 1. The average molecular weight is 451 g/mol. The van der Waals surface area contributed by atoms with E-state index in [-0.39, 0.29) is 5.91 Å². The van der Waals surface area contributed by atoms with Crippen molar-refractivity contribution in [2.75, 3.05) is 19.0 Å². The normalized spacial score (nSPS) is 11.2. The van der Waals surface area contributed by atoms with Crippen LogP contribution >= 0.6 is 11.3 Å². The molecule has 0 bridgehead atoms. The van der Waals surface area contributed by atoms with Crippen molar-refractivity contribution >= 4 is 28.5 Å². The van der Waals surface area contributed by atoms with Gasteiger partial charge in [0.05, 0.1) is 19.4 Å². The van der Waals surface area contributed by atoms with Crippen molar-refractivity contribution < 1.29 is 14.3 Å². The van der Waals surface area contributed by atoms with E-state index in [1.165, 1.54) is 23.0 Å². The highest BCUT2D eigenvalue weighted by Gasteiger charge is 2.11. The van der Waals surface area contributed by atoms with E-state index < -0.39 is 0 Å². The molecule has 0 spiro atoms. The van der Waals surface area contributed by atoms with Crippen LogP contribution < -0.4 is 14.8 Å². The summed E-state index contributed by atoms with van der Waals surface area (Å²) in [5, 5.41) is 3.44. The highest BCUT2D eigenvalue weighted by molar-refractivity contribution is 7.16. The average Bonchev–Trinajstić information content (AvgIpc) is 3.12. The molecule has 0 unspecified atom stereocenters. The summed E-state index contributed by atoms with van der Waals surface area (Å²) in [6.07, 6.45) is 4.22. The van der Waals surface area contributed by atoms with Crippen LogP contribution in [0.2, 0.25) is 0 Å². The van der Waals surface area contributed by atoms with Gasteiger partial charge in [-0.1, -0.05) is 49.7 Å². The van der Waals surface area contributed by atoms with Crippen LogP contribution in [0.4, 0.5) is 5.13 Å². The van der Waals surface area contributed by atoms with Gasteiger partial charge in [-0.3, -0.25) is 10.1 Å². The second-order valence-electron chi connectivity index (χ2n) is 8.05. The molecule has 0 radical (unpaired) electrons. The summed E-state index contributed by atoms with van der Waals surface area (Å²) in [6, 6.07) is 13.8. The number of amides is 1. The Balaban J connectivity index is 1.64. The number of thiazole rings is 1. The minimum atomic E-state index is -0.231. The van der Waals surface area contributed by atoms with Crippen LogP contribution in [0.15, 0.2) is 48.5 Å². The number of aryl methyl sites for hydroxylation is 2. The molecule has 0 aliphatic rings. The van der Waals surface area contributed by atoms with Gasteiger partial charge in [0, 0.05) is 16.5 Å². The van der Waals surface area contributed by atoms with Crippen LogP contribution in [0.5, 0.6) is 11.5 Å². The zero-order valence-electron chi connectivity index (χ0n) is 19.3. The first-order valence-corrected chi connectivity index (χ1v) is 11.5. The summed E-state index contributed by atoms with van der Waals surface area (Å²) in [5.41, 5.74) is 3.99. The van der Waals surface area contributed by atoms with Crippen molar-refractivity contribution in [1.29, 1.82) is 0 Å². The smallest absolute Gasteiger partial charge is 0.250 e. The van der Waals surface area contributed by atoms with Gasteiger partial charge in [-0.15, -0.1) is 11.3 Å². The quantitative estimate of drug-likeness (QED) is 0.377. The van der Waals surface area contributed by atoms with E-state index in [0.29, 0.717) is 29.2 Å². The van der Waals surface area contributed by atoms with Gasteiger partial charge in [0.25, 0.3) is 0 Å². The highest BCUT2D eigenvalue weighted by Crippen LogP contribution is 2.31. The van der Waals surface area contributed by atoms with Crippen molar-refractivity contribution in [2.45, 2.75) is 34.1 Å². The van der Waals surface area contributed by atoms with Crippen LogP contribution in [0.3, 0.4) is 0 Å². The first-order valence-electron chi connectivity index (χ1n) is 10.7. The van der Waals surface area contributed by atoms with E-state index in [2.05, 4.69) is 43.2 Å². The lowest BCUT2D eigenvalue weighted by atomic mass is 10.1. The number of aromatic nitrogens is 1. The molecule has 1 heterocycles. The fourth-order valence-electron chi connectivity index (χ4n) is 3.06. The molecule has 1 N–H and O–H groups in total. The number of nitrogens with one attached hydrogen (secondary N) is 1. The number of carbonyl (C=O) groups is 1. The van der Waals surface area contributed by atoms with Crippen LogP contribution in [0, 0.1) is 19.8 Å². The van der Waals surface area contributed by atoms with Crippen molar-refractivity contribution in [3.63, 3.8) is 0 Å². The monoisotopic (exact) mass is 450 g/mol. The molecule has 3 aromatic rings. The molecule has 1 amide bonds. The molecule has 32 heavy (non-hydrogen) atoms. The fourth-order valence-corrected chi connectivity index (χ4v) is 3.90. The lowest BCUT2D eigenvalue weighted by molar-refractivity contribution is -0.111. The molecule has 1 aromatic heterocycles. The summed E-state index contributed by atoms with van der Waals surface area (Å²) in [6.45, 7) is 9.03. The Hall–Kier alpha value is -3.12. The largest absolute Gasteiger partial charge is 0.493 e. The minimum absolute atomic E-state index is 0.231. The third-order valence-electron chi connectivity index (χ3n) is 4.92. The van der Waals surface area contributed by atoms with Crippen LogP contribution in [-0.4, -0.2) is 24.6 Å². The van der Waals surface area contributed by atoms with Gasteiger partial charge < -0.3 is 9.47 Å². The van der Waals surface area contributed by atoms with E-state index >= 15 is 0 Å². The summed E-state index contributed by atoms with van der Waals surface area (Å²) >= 11 is 1.47. The maximum Gasteiger partial charge on any atom is 0.250 e. The topological polar surface area (TPSA) is 60.5 Å². The Kier molecular flexibility index (Phi) is 8.06. The Morgan fingerprint density at radius 2 is 1.88 bits per heavy atom. The van der Waals surface area contributed by atoms with Crippen LogP contribution in [0.1, 0.15) is 36.3 Å². The maximum atomic E-state index is 12.4. The Bertz CT molecular complexity index is 1080. The molecule has 0 atom stereocenters. The lowest BCUT2D eigenvalue weighted by Gasteiger charge is -2.12. The second-order valence-corrected chi connectivity index (χ2v) is 9.26. The van der Waals surface area contributed by atoms with E-state index in [9.17, 15) is 4.79 Å². The number of hydrogen-bond acceptors (Lipinski definition) is 5. The fraction of sp³-hybridized carbons (Fsp3) is 0.308. The standard InChI is InChI=1S/C26H30N2O3S/c1-17(2)14-15-31-22-12-8-20(16-23(22)30-5)9-13-24(29)27-26-28-25(19(4)32-26)21-10-6-18(3)7-11-21/h6-13,16-17H,14-15H2,1-5H3,(H,27,28,29)/b13-9+. The van der Waals surface area contributed by atoms with Crippen molar-refractivity contribution in [2.24, 2.45) is 5.92 Å². The Labute approximate surface area is 194 Å². The van der Waals surface area contributed by atoms with Crippen LogP contribution in [0.25, 0.3) is 17.3 Å². The molecule has 168 valence electrons. The Morgan fingerprint density at radius 3 is 2.56 bits per heavy atom. The number of benzene rings is 2. The molecule has 5 nitrogen and oxygen atoms in total. The number of rotatable bonds is 9. The SMILES string of the molecule is COc1cc(/C=C/C(=O)Nc2nc(-c3ccc(C)cc3)c(C)s2)ccc1OCCC(C)C. The molecule has 0 saturated carbocycles. The van der Waals surface area contributed by atoms with Crippen LogP contribution in [-0.2, 0) is 4.79 Å². The third kappa shape index (κ3) is 6.44. The maximum absolute atomic E-state index is 12.4. The van der Waals surface area contributed by atoms with Gasteiger partial charge in [0.15, 0.2) is 16.6 Å². The molecule has 0 fully saturated rings. The molecule has 0 aliphatic heterocycles. The van der Waals surface area contributed by atoms with Crippen molar-refractivity contribution in [3.05, 3.63) is 64.5 Å². The first-order chi connectivity index (χ1) is 15.4. The zero-order chi connectivity index (χ0) is 23.1. The second kappa shape index (κ2) is 11.0. The molecular formula is C26H30N2O3S. The summed E-state index contributed by atoms with van der Waals surface area (Å²) in [7, 11) is 1.61. The van der Waals surface area contributed by atoms with E-state index in [1.807, 2.05) is 37.3 Å². The van der Waals surface area contributed by atoms with Gasteiger partial charge in [-0.2, -0.15) is 0 Å². The molecule has 2 aromatic carbocycles. The number of anilines is 1. The lowest BCUT2D eigenvalue weighted by Crippen LogP contribution is -2.07. The number of ether oxygens (including phenoxy) is 2. The first kappa shape index (κ1) is 23.5. The predicted octanol–water partition coefficient (Wildman–Crippen LogP) is 6.51. The van der Waals surface area contributed by atoms with Gasteiger partial charge in [0.1, 0.15) is 0 Å². The molecule has 6 heteroatoms. The molecular weight excluding hydrogens is 420 g/mol. The van der Waals surface area contributed by atoms with Crippen molar-refractivity contribution in [1.82, 2.24) is 4.98 Å². The van der Waals surface area contributed by atoms with E-state index in [4.69, 9.17) is 9.47 Å². The zero-order valence-corrected chi connectivity index (χ0v) is 20.1. The minimum Gasteiger partial charge on any atom is -0.493 e. The molecule has 0 saturated heterocycles. The predicted molar refractivity (Wildman–Crippen MR) is 133 cm³/mol. The van der Waals surface area contributed by atoms with E-state index in [1.54, 1.807) is 13.2 Å². The number of carbonyl (C=O) groups excluding carboxylic acids is 1. The van der Waals surface area contributed by atoms with Gasteiger partial charge in [-0.05, 0) is 50.0 Å². The Morgan fingerprint density at radius 1 is 1.12 bits per heavy atom.